The van der Waals surface area contributed by atoms with Gasteiger partial charge in [-0.1, -0.05) is 0 Å². The predicted octanol–water partition coefficient (Wildman–Crippen LogP) is 1.22. The summed E-state index contributed by atoms with van der Waals surface area (Å²) in [6.07, 6.45) is 3.65. The fourth-order valence-corrected chi connectivity index (χ4v) is 0.987. The third-order valence-corrected chi connectivity index (χ3v) is 1.63. The molecule has 0 aliphatic heterocycles. The molecule has 4 heteroatoms. The largest absolute Gasteiger partial charge is 0.472 e. The van der Waals surface area contributed by atoms with Gasteiger partial charge >= 0.3 is 0 Å². The molecular formula is C8H11NO2S. The van der Waals surface area contributed by atoms with E-state index in [2.05, 4.69) is 17.9 Å². The van der Waals surface area contributed by atoms with Gasteiger partial charge in [0, 0.05) is 18.5 Å². The van der Waals surface area contributed by atoms with Gasteiger partial charge < -0.3 is 9.73 Å². The second kappa shape index (κ2) is 4.87. The van der Waals surface area contributed by atoms with E-state index < -0.39 is 0 Å². The molecule has 1 amide bonds. The number of nitrogens with one attached hydrogen (secondary N) is 1. The molecule has 0 radical (unpaired) electrons. The maximum absolute atomic E-state index is 10.9. The van der Waals surface area contributed by atoms with Crippen molar-refractivity contribution in [1.82, 2.24) is 5.32 Å². The van der Waals surface area contributed by atoms with Gasteiger partial charge in [-0.15, -0.1) is 0 Å². The van der Waals surface area contributed by atoms with E-state index in [-0.39, 0.29) is 5.91 Å². The van der Waals surface area contributed by atoms with Crippen LogP contribution in [0.15, 0.2) is 23.0 Å². The van der Waals surface area contributed by atoms with E-state index in [9.17, 15) is 4.79 Å². The van der Waals surface area contributed by atoms with Crippen molar-refractivity contribution in [3.63, 3.8) is 0 Å². The van der Waals surface area contributed by atoms with Gasteiger partial charge in [0.2, 0.25) is 5.91 Å². The smallest absolute Gasteiger partial charge is 0.221 e. The van der Waals surface area contributed by atoms with Crippen molar-refractivity contribution in [2.75, 3.05) is 5.75 Å². The topological polar surface area (TPSA) is 42.2 Å². The van der Waals surface area contributed by atoms with Gasteiger partial charge in [-0.05, 0) is 11.8 Å². The van der Waals surface area contributed by atoms with Crippen molar-refractivity contribution >= 4 is 18.5 Å². The zero-order chi connectivity index (χ0) is 8.81. The van der Waals surface area contributed by atoms with Crippen molar-refractivity contribution in [2.45, 2.75) is 13.0 Å². The third-order valence-electron chi connectivity index (χ3n) is 1.41. The van der Waals surface area contributed by atoms with Gasteiger partial charge in [-0.3, -0.25) is 4.79 Å². The summed E-state index contributed by atoms with van der Waals surface area (Å²) >= 11 is 3.95. The van der Waals surface area contributed by atoms with Gasteiger partial charge in [0.25, 0.3) is 0 Å². The molecule has 0 unspecified atom stereocenters. The quantitative estimate of drug-likeness (QED) is 0.692. The van der Waals surface area contributed by atoms with Crippen LogP contribution in [0, 0.1) is 0 Å². The minimum absolute atomic E-state index is 0.0196. The molecule has 3 nitrogen and oxygen atoms in total. The van der Waals surface area contributed by atoms with Gasteiger partial charge in [-0.2, -0.15) is 12.6 Å². The molecule has 66 valence electrons. The number of thiol groups is 1. The number of carbonyl (C=O) groups excluding carboxylic acids is 1. The molecule has 0 aromatic carbocycles. The Morgan fingerprint density at radius 2 is 2.50 bits per heavy atom. The Morgan fingerprint density at radius 3 is 3.08 bits per heavy atom. The summed E-state index contributed by atoms with van der Waals surface area (Å²) in [6, 6.07) is 1.82. The lowest BCUT2D eigenvalue weighted by atomic mass is 10.3. The Bertz CT molecular complexity index is 233. The Morgan fingerprint density at radius 1 is 1.67 bits per heavy atom. The number of hydrogen-bond donors (Lipinski definition) is 2. The summed E-state index contributed by atoms with van der Waals surface area (Å²) in [4.78, 5) is 10.9. The van der Waals surface area contributed by atoms with Crippen LogP contribution in [0.2, 0.25) is 0 Å². The summed E-state index contributed by atoms with van der Waals surface area (Å²) < 4.78 is 4.84. The zero-order valence-corrected chi connectivity index (χ0v) is 7.51. The average molecular weight is 185 g/mol. The van der Waals surface area contributed by atoms with Crippen LogP contribution in [0.3, 0.4) is 0 Å². The summed E-state index contributed by atoms with van der Waals surface area (Å²) in [6.45, 7) is 0.531. The van der Waals surface area contributed by atoms with Crippen molar-refractivity contribution in [2.24, 2.45) is 0 Å². The fourth-order valence-electron chi connectivity index (χ4n) is 0.784. The van der Waals surface area contributed by atoms with Crippen LogP contribution in [0.4, 0.5) is 0 Å². The monoisotopic (exact) mass is 185 g/mol. The van der Waals surface area contributed by atoms with Crippen LogP contribution >= 0.6 is 12.6 Å². The first-order valence-corrected chi connectivity index (χ1v) is 4.35. The van der Waals surface area contributed by atoms with Crippen LogP contribution in [-0.4, -0.2) is 11.7 Å². The first kappa shape index (κ1) is 9.19. The van der Waals surface area contributed by atoms with Crippen molar-refractivity contribution in [1.29, 1.82) is 0 Å². The summed E-state index contributed by atoms with van der Waals surface area (Å²) in [5.41, 5.74) is 0.975. The summed E-state index contributed by atoms with van der Waals surface area (Å²) in [5.74, 6) is 0.600. The molecule has 1 N–H and O–H groups in total. The van der Waals surface area contributed by atoms with E-state index in [0.29, 0.717) is 18.7 Å². The molecule has 0 aliphatic rings. The van der Waals surface area contributed by atoms with Crippen LogP contribution < -0.4 is 5.32 Å². The SMILES string of the molecule is O=C(CCS)NCc1ccoc1. The van der Waals surface area contributed by atoms with Crippen LogP contribution in [-0.2, 0) is 11.3 Å². The lowest BCUT2D eigenvalue weighted by Crippen LogP contribution is -2.22. The standard InChI is InChI=1S/C8H11NO2S/c10-8(2-4-12)9-5-7-1-3-11-6-7/h1,3,6,12H,2,4-5H2,(H,9,10). The van der Waals surface area contributed by atoms with E-state index in [1.54, 1.807) is 12.5 Å². The minimum Gasteiger partial charge on any atom is -0.472 e. The molecule has 0 atom stereocenters. The van der Waals surface area contributed by atoms with Crippen LogP contribution in [0.5, 0.6) is 0 Å². The maximum atomic E-state index is 10.9. The third kappa shape index (κ3) is 3.00. The predicted molar refractivity (Wildman–Crippen MR) is 49.0 cm³/mol. The van der Waals surface area contributed by atoms with Gasteiger partial charge in [0.15, 0.2) is 0 Å². The molecule has 1 heterocycles. The highest BCUT2D eigenvalue weighted by atomic mass is 32.1. The highest BCUT2D eigenvalue weighted by Gasteiger charge is 1.99. The second-order valence-corrected chi connectivity index (χ2v) is 2.83. The van der Waals surface area contributed by atoms with E-state index >= 15 is 0 Å². The van der Waals surface area contributed by atoms with Crippen molar-refractivity contribution < 1.29 is 9.21 Å². The van der Waals surface area contributed by atoms with Gasteiger partial charge in [-0.25, -0.2) is 0 Å². The highest BCUT2D eigenvalue weighted by molar-refractivity contribution is 7.80. The van der Waals surface area contributed by atoms with Gasteiger partial charge in [0.05, 0.1) is 12.5 Å². The molecule has 0 bridgehead atoms. The molecule has 0 spiro atoms. The van der Waals surface area contributed by atoms with E-state index in [4.69, 9.17) is 4.42 Å². The maximum Gasteiger partial charge on any atom is 0.221 e. The second-order valence-electron chi connectivity index (χ2n) is 2.38. The molecule has 0 aliphatic carbocycles. The number of amides is 1. The summed E-state index contributed by atoms with van der Waals surface area (Å²) in [5, 5.41) is 2.74. The first-order chi connectivity index (χ1) is 5.83. The molecule has 0 saturated carbocycles. The highest BCUT2D eigenvalue weighted by Crippen LogP contribution is 1.98. The van der Waals surface area contributed by atoms with Crippen molar-refractivity contribution in [3.8, 4) is 0 Å². The van der Waals surface area contributed by atoms with Crippen molar-refractivity contribution in [3.05, 3.63) is 24.2 Å². The molecule has 12 heavy (non-hydrogen) atoms. The number of furan rings is 1. The molecular weight excluding hydrogens is 174 g/mol. The van der Waals surface area contributed by atoms with E-state index in [0.717, 1.165) is 5.56 Å². The number of hydrogen-bond acceptors (Lipinski definition) is 3. The van der Waals surface area contributed by atoms with Crippen LogP contribution in [0.25, 0.3) is 0 Å². The Balaban J connectivity index is 2.22. The Labute approximate surface area is 76.6 Å². The van der Waals surface area contributed by atoms with E-state index in [1.807, 2.05) is 6.07 Å². The summed E-state index contributed by atoms with van der Waals surface area (Å²) in [7, 11) is 0. The molecule has 1 aromatic rings. The minimum atomic E-state index is 0.0196. The fraction of sp³-hybridized carbons (Fsp3) is 0.375. The van der Waals surface area contributed by atoms with Gasteiger partial charge in [0.1, 0.15) is 0 Å². The number of rotatable bonds is 4. The van der Waals surface area contributed by atoms with E-state index in [1.165, 1.54) is 0 Å². The molecule has 1 rings (SSSR count). The zero-order valence-electron chi connectivity index (χ0n) is 6.62. The lowest BCUT2D eigenvalue weighted by molar-refractivity contribution is -0.120. The Hall–Kier alpha value is -0.900. The Kier molecular flexibility index (Phi) is 3.73. The normalized spacial score (nSPS) is 9.75. The molecule has 0 saturated heterocycles. The lowest BCUT2D eigenvalue weighted by Gasteiger charge is -2.00. The molecule has 1 aromatic heterocycles. The van der Waals surface area contributed by atoms with Crippen LogP contribution in [0.1, 0.15) is 12.0 Å². The molecule has 0 fully saturated rings. The first-order valence-electron chi connectivity index (χ1n) is 3.71. The number of carbonyl (C=O) groups is 1. The average Bonchev–Trinajstić information content (AvgIpc) is 2.53.